The molecular weight excluding hydrogens is 548 g/mol. The molecule has 5 heteroatoms. The van der Waals surface area contributed by atoms with Gasteiger partial charge in [0.15, 0.2) is 17.0 Å². The van der Waals surface area contributed by atoms with E-state index in [4.69, 9.17) is 0 Å². The van der Waals surface area contributed by atoms with Gasteiger partial charge in [0, 0.05) is 12.8 Å². The lowest BCUT2D eigenvalue weighted by atomic mass is 9.75. The Kier molecular flexibility index (Phi) is 29.1. The zero-order chi connectivity index (χ0) is 32.8. The Hall–Kier alpha value is -0.780. The van der Waals surface area contributed by atoms with Gasteiger partial charge in [-0.2, -0.15) is 0 Å². The highest BCUT2D eigenvalue weighted by atomic mass is 16.7. The lowest BCUT2D eigenvalue weighted by Gasteiger charge is -2.34. The third kappa shape index (κ3) is 22.7. The van der Waals surface area contributed by atoms with Crippen LogP contribution in [-0.2, 0) is 9.59 Å². The smallest absolute Gasteiger partial charge is 0.295 e. The molecule has 5 nitrogen and oxygen atoms in total. The summed E-state index contributed by atoms with van der Waals surface area (Å²) >= 11 is 0. The fraction of sp³-hybridized carbons (Fsp3) is 0.949. The van der Waals surface area contributed by atoms with E-state index in [-0.39, 0.29) is 12.8 Å². The minimum atomic E-state index is -3.33. The van der Waals surface area contributed by atoms with Crippen LogP contribution in [0.25, 0.3) is 0 Å². The lowest BCUT2D eigenvalue weighted by molar-refractivity contribution is -0.351. The number of unbranched alkanes of at least 4 members (excludes halogenated alkanes) is 28. The number of rotatable bonds is 35. The molecule has 0 aliphatic carbocycles. The number of hydrogen-bond acceptors (Lipinski definition) is 5. The van der Waals surface area contributed by atoms with Crippen molar-refractivity contribution >= 4 is 11.6 Å². The first kappa shape index (κ1) is 43.2. The molecule has 0 bridgehead atoms. The molecule has 0 aromatic heterocycles. The number of aliphatic hydroxyl groups is 3. The Morgan fingerprint density at radius 1 is 0.364 bits per heavy atom. The van der Waals surface area contributed by atoms with E-state index in [1.165, 1.54) is 148 Å². The van der Waals surface area contributed by atoms with E-state index < -0.39 is 23.0 Å². The summed E-state index contributed by atoms with van der Waals surface area (Å²) in [5.74, 6) is -4.46. The molecule has 0 rings (SSSR count). The maximum atomic E-state index is 12.9. The van der Waals surface area contributed by atoms with E-state index in [2.05, 4.69) is 13.8 Å². The maximum absolute atomic E-state index is 12.9. The molecule has 0 atom stereocenters. The summed E-state index contributed by atoms with van der Waals surface area (Å²) < 4.78 is 0. The Labute approximate surface area is 273 Å². The minimum Gasteiger partial charge on any atom is -0.342 e. The lowest BCUT2D eigenvalue weighted by Crippen LogP contribution is -2.56. The van der Waals surface area contributed by atoms with Crippen molar-refractivity contribution in [2.24, 2.45) is 5.41 Å². The molecule has 0 unspecified atom stereocenters. The zero-order valence-corrected chi connectivity index (χ0v) is 29.8. The standard InChI is InChI=1S/C39H76O5/c1-4-6-8-10-12-14-16-18-20-22-24-26-28-30-32-34-36(40)38(3,39(42,43)44)37(41)35-33-31-29-27-25-23-21-19-17-15-13-11-9-7-5-2/h42-44H,4-35H2,1-3H3. The molecule has 0 heterocycles. The van der Waals surface area contributed by atoms with E-state index in [1.807, 2.05) is 0 Å². The van der Waals surface area contributed by atoms with Crippen molar-refractivity contribution < 1.29 is 24.9 Å². The Morgan fingerprint density at radius 2 is 0.545 bits per heavy atom. The molecule has 44 heavy (non-hydrogen) atoms. The molecule has 0 aliphatic heterocycles. The summed E-state index contributed by atoms with van der Waals surface area (Å²) in [5.41, 5.74) is -2.18. The quantitative estimate of drug-likeness (QED) is 0.0370. The fourth-order valence-electron chi connectivity index (χ4n) is 6.34. The summed E-state index contributed by atoms with van der Waals surface area (Å²) in [5, 5.41) is 30.0. The summed E-state index contributed by atoms with van der Waals surface area (Å²) in [6, 6.07) is 0. The van der Waals surface area contributed by atoms with E-state index in [1.54, 1.807) is 0 Å². The normalized spacial score (nSPS) is 12.2. The highest BCUT2D eigenvalue weighted by Crippen LogP contribution is 2.34. The number of Topliss-reactive ketones (excluding diaryl/α,β-unsaturated/α-hetero) is 2. The Bertz CT molecular complexity index is 607. The molecule has 0 fully saturated rings. The van der Waals surface area contributed by atoms with Crippen molar-refractivity contribution in [2.75, 3.05) is 0 Å². The fourth-order valence-corrected chi connectivity index (χ4v) is 6.34. The highest BCUT2D eigenvalue weighted by Gasteiger charge is 2.55. The van der Waals surface area contributed by atoms with Gasteiger partial charge in [0.25, 0.3) is 5.97 Å². The second-order valence-electron chi connectivity index (χ2n) is 14.0. The molecule has 0 aromatic carbocycles. The third-order valence-corrected chi connectivity index (χ3v) is 9.80. The predicted octanol–water partition coefficient (Wildman–Crippen LogP) is 11.3. The van der Waals surface area contributed by atoms with Crippen molar-refractivity contribution in [1.29, 1.82) is 0 Å². The van der Waals surface area contributed by atoms with Gasteiger partial charge in [-0.25, -0.2) is 0 Å². The Morgan fingerprint density at radius 3 is 0.727 bits per heavy atom. The van der Waals surface area contributed by atoms with Crippen molar-refractivity contribution in [1.82, 2.24) is 0 Å². The van der Waals surface area contributed by atoms with Gasteiger partial charge in [-0.15, -0.1) is 0 Å². The first-order valence-electron chi connectivity index (χ1n) is 19.5. The van der Waals surface area contributed by atoms with E-state index in [9.17, 15) is 24.9 Å². The summed E-state index contributed by atoms with van der Waals surface area (Å²) in [7, 11) is 0. The Balaban J connectivity index is 3.93. The van der Waals surface area contributed by atoms with Gasteiger partial charge in [0.05, 0.1) is 0 Å². The van der Waals surface area contributed by atoms with Gasteiger partial charge < -0.3 is 15.3 Å². The molecule has 262 valence electrons. The molecule has 0 saturated carbocycles. The maximum Gasteiger partial charge on any atom is 0.295 e. The number of carbonyl (C=O) groups excluding carboxylic acids is 2. The second kappa shape index (κ2) is 29.6. The zero-order valence-electron chi connectivity index (χ0n) is 29.8. The monoisotopic (exact) mass is 625 g/mol. The minimum absolute atomic E-state index is 0.0861. The van der Waals surface area contributed by atoms with Crippen LogP contribution in [-0.4, -0.2) is 32.9 Å². The van der Waals surface area contributed by atoms with Crippen LogP contribution < -0.4 is 0 Å². The highest BCUT2D eigenvalue weighted by molar-refractivity contribution is 6.07. The molecule has 0 spiro atoms. The second-order valence-corrected chi connectivity index (χ2v) is 14.0. The van der Waals surface area contributed by atoms with E-state index in [0.717, 1.165) is 38.5 Å². The van der Waals surface area contributed by atoms with Crippen molar-refractivity contribution in [3.8, 4) is 0 Å². The first-order chi connectivity index (χ1) is 21.2. The van der Waals surface area contributed by atoms with Crippen LogP contribution in [0, 0.1) is 5.41 Å². The van der Waals surface area contributed by atoms with Crippen LogP contribution in [0.5, 0.6) is 0 Å². The van der Waals surface area contributed by atoms with Crippen molar-refractivity contribution in [3.05, 3.63) is 0 Å². The van der Waals surface area contributed by atoms with Crippen LogP contribution in [0.4, 0.5) is 0 Å². The summed E-state index contributed by atoms with van der Waals surface area (Å²) in [6.45, 7) is 5.72. The summed E-state index contributed by atoms with van der Waals surface area (Å²) in [4.78, 5) is 25.9. The number of carbonyl (C=O) groups is 2. The average Bonchev–Trinajstić information content (AvgIpc) is 2.99. The van der Waals surface area contributed by atoms with Gasteiger partial charge >= 0.3 is 0 Å². The largest absolute Gasteiger partial charge is 0.342 e. The van der Waals surface area contributed by atoms with Gasteiger partial charge in [-0.05, 0) is 19.8 Å². The summed E-state index contributed by atoms with van der Waals surface area (Å²) in [6.07, 6.45) is 36.9. The number of ketones is 2. The van der Waals surface area contributed by atoms with Crippen LogP contribution in [0.3, 0.4) is 0 Å². The van der Waals surface area contributed by atoms with Crippen LogP contribution >= 0.6 is 0 Å². The predicted molar refractivity (Wildman–Crippen MR) is 187 cm³/mol. The van der Waals surface area contributed by atoms with Gasteiger partial charge in [-0.1, -0.05) is 194 Å². The van der Waals surface area contributed by atoms with Gasteiger partial charge in [0.1, 0.15) is 0 Å². The van der Waals surface area contributed by atoms with E-state index in [0.29, 0.717) is 12.8 Å². The van der Waals surface area contributed by atoms with Crippen LogP contribution in [0.2, 0.25) is 0 Å². The van der Waals surface area contributed by atoms with Gasteiger partial charge in [0.2, 0.25) is 0 Å². The molecule has 0 saturated heterocycles. The molecule has 0 radical (unpaired) electrons. The first-order valence-corrected chi connectivity index (χ1v) is 19.5. The number of hydrogen-bond donors (Lipinski definition) is 3. The van der Waals surface area contributed by atoms with Crippen LogP contribution in [0.1, 0.15) is 226 Å². The molecular formula is C39H76O5. The third-order valence-electron chi connectivity index (χ3n) is 9.80. The molecule has 0 aliphatic rings. The van der Waals surface area contributed by atoms with Gasteiger partial charge in [-0.3, -0.25) is 9.59 Å². The van der Waals surface area contributed by atoms with Crippen LogP contribution in [0.15, 0.2) is 0 Å². The van der Waals surface area contributed by atoms with E-state index >= 15 is 0 Å². The molecule has 0 amide bonds. The average molecular weight is 625 g/mol. The molecule has 0 aromatic rings. The molecule has 3 N–H and O–H groups in total. The van der Waals surface area contributed by atoms with Crippen molar-refractivity contribution in [3.63, 3.8) is 0 Å². The van der Waals surface area contributed by atoms with Crippen molar-refractivity contribution in [2.45, 2.75) is 232 Å². The topological polar surface area (TPSA) is 94.8 Å². The SMILES string of the molecule is CCCCCCCCCCCCCCCCCC(=O)C(C)(C(=O)CCCCCCCCCCCCCCCCC)C(O)(O)O.